The van der Waals surface area contributed by atoms with E-state index in [0.717, 1.165) is 17.3 Å². The van der Waals surface area contributed by atoms with Crippen LogP contribution >= 0.6 is 15.9 Å². The van der Waals surface area contributed by atoms with Crippen LogP contribution in [0.2, 0.25) is 0 Å². The van der Waals surface area contributed by atoms with Crippen LogP contribution in [0.25, 0.3) is 0 Å². The van der Waals surface area contributed by atoms with Crippen molar-refractivity contribution in [1.29, 1.82) is 0 Å². The van der Waals surface area contributed by atoms with E-state index in [9.17, 15) is 0 Å². The first-order valence-electron chi connectivity index (χ1n) is 8.57. The zero-order valence-corrected chi connectivity index (χ0v) is 13.4. The molecule has 0 N–H and O–H groups in total. The van der Waals surface area contributed by atoms with E-state index in [1.165, 1.54) is 59.7 Å². The Labute approximate surface area is 129 Å². The molecule has 1 aromatic carbocycles. The summed E-state index contributed by atoms with van der Waals surface area (Å²) in [6, 6.07) is 9.08. The van der Waals surface area contributed by atoms with Gasteiger partial charge in [-0.1, -0.05) is 28.1 Å². The van der Waals surface area contributed by atoms with Crippen LogP contribution in [0, 0.1) is 40.9 Å². The van der Waals surface area contributed by atoms with Gasteiger partial charge >= 0.3 is 0 Å². The van der Waals surface area contributed by atoms with Crippen molar-refractivity contribution in [3.63, 3.8) is 0 Å². The average molecular weight is 329 g/mol. The number of hydrogen-bond donors (Lipinski definition) is 0. The highest BCUT2D eigenvalue weighted by atomic mass is 79.9. The van der Waals surface area contributed by atoms with Crippen molar-refractivity contribution in [2.45, 2.75) is 38.0 Å². The van der Waals surface area contributed by atoms with Crippen molar-refractivity contribution in [3.05, 3.63) is 34.3 Å². The maximum Gasteiger partial charge on any atom is 0.0175 e. The fourth-order valence-electron chi connectivity index (χ4n) is 6.55. The number of benzene rings is 1. The number of hydrogen-bond acceptors (Lipinski definition) is 0. The highest BCUT2D eigenvalue weighted by Gasteiger charge is 3.01. The second-order valence-electron chi connectivity index (χ2n) is 8.24. The van der Waals surface area contributed by atoms with Gasteiger partial charge in [0.2, 0.25) is 0 Å². The van der Waals surface area contributed by atoms with Crippen molar-refractivity contribution >= 4 is 15.9 Å². The first-order chi connectivity index (χ1) is 9.81. The van der Waals surface area contributed by atoms with E-state index in [4.69, 9.17) is 0 Å². The third-order valence-corrected chi connectivity index (χ3v) is 8.27. The zero-order chi connectivity index (χ0) is 13.1. The lowest BCUT2D eigenvalue weighted by atomic mass is 9.73. The predicted octanol–water partition coefficient (Wildman–Crippen LogP) is 5.23. The molecule has 20 heavy (non-hydrogen) atoms. The molecule has 4 atom stereocenters. The van der Waals surface area contributed by atoms with E-state index >= 15 is 0 Å². The van der Waals surface area contributed by atoms with Gasteiger partial charge in [0.05, 0.1) is 0 Å². The highest BCUT2D eigenvalue weighted by Crippen LogP contribution is 3.05. The molecule has 0 nitrogen and oxygen atoms in total. The van der Waals surface area contributed by atoms with Crippen molar-refractivity contribution in [2.75, 3.05) is 0 Å². The Bertz CT molecular complexity index is 560. The van der Waals surface area contributed by atoms with Crippen LogP contribution in [0.5, 0.6) is 0 Å². The maximum absolute atomic E-state index is 3.54. The minimum atomic E-state index is 0.845. The second-order valence-corrected chi connectivity index (χ2v) is 9.16. The molecule has 5 aliphatic carbocycles. The van der Waals surface area contributed by atoms with E-state index in [2.05, 4.69) is 40.2 Å². The summed E-state index contributed by atoms with van der Waals surface area (Å²) in [5, 5.41) is 0. The quantitative estimate of drug-likeness (QED) is 0.696. The molecule has 0 heterocycles. The molecule has 0 bridgehead atoms. The van der Waals surface area contributed by atoms with Crippen LogP contribution in [-0.4, -0.2) is 0 Å². The molecule has 6 rings (SSSR count). The Hall–Kier alpha value is -0.300. The molecule has 104 valence electrons. The molecule has 1 heteroatoms. The monoisotopic (exact) mass is 328 g/mol. The third kappa shape index (κ3) is 1.22. The number of halogens is 1. The van der Waals surface area contributed by atoms with Gasteiger partial charge in [-0.05, 0) is 96.6 Å². The number of rotatable bonds is 2. The van der Waals surface area contributed by atoms with Gasteiger partial charge in [-0.25, -0.2) is 0 Å². The molecule has 0 radical (unpaired) electrons. The van der Waals surface area contributed by atoms with Crippen LogP contribution in [-0.2, 0) is 0 Å². The standard InChI is InChI=1S/C19H21Br/c20-13-7-5-11(6-8-13)10-1-3-12(4-2-10)16-17-18(16)19(17)14-9-15(14)19/h5-8,10,12,14-18H,1-4,9H2/t10-,12-,14?,15?,16?,17?,18?,19?. The summed E-state index contributed by atoms with van der Waals surface area (Å²) in [6.07, 6.45) is 7.55. The first kappa shape index (κ1) is 11.3. The van der Waals surface area contributed by atoms with E-state index in [-0.39, 0.29) is 0 Å². The van der Waals surface area contributed by atoms with Gasteiger partial charge in [0, 0.05) is 4.47 Å². The van der Waals surface area contributed by atoms with Crippen LogP contribution in [0.15, 0.2) is 28.7 Å². The lowest BCUT2D eigenvalue weighted by Crippen LogP contribution is -2.22. The van der Waals surface area contributed by atoms with Crippen molar-refractivity contribution < 1.29 is 0 Å². The topological polar surface area (TPSA) is 0 Å². The summed E-state index contributed by atoms with van der Waals surface area (Å²) in [4.78, 5) is 0. The molecule has 0 aliphatic heterocycles. The summed E-state index contributed by atoms with van der Waals surface area (Å²) in [7, 11) is 0. The SMILES string of the molecule is Brc1ccc([C@H]2CC[C@H](C3C4C3C43C4CC43)CC2)cc1. The Morgan fingerprint density at radius 1 is 0.900 bits per heavy atom. The molecule has 0 aromatic heterocycles. The average Bonchev–Trinajstić information content (AvgIpc) is 3.31. The van der Waals surface area contributed by atoms with Gasteiger partial charge in [-0.2, -0.15) is 0 Å². The minimum absolute atomic E-state index is 0.845. The summed E-state index contributed by atoms with van der Waals surface area (Å²) in [5.74, 6) is 8.18. The molecule has 0 saturated heterocycles. The molecule has 5 fully saturated rings. The van der Waals surface area contributed by atoms with Gasteiger partial charge in [0.15, 0.2) is 0 Å². The lowest BCUT2D eigenvalue weighted by Gasteiger charge is -2.32. The fraction of sp³-hybridized carbons (Fsp3) is 0.684. The minimum Gasteiger partial charge on any atom is -0.0576 e. The first-order valence-corrected chi connectivity index (χ1v) is 9.36. The Balaban J connectivity index is 1.09. The lowest BCUT2D eigenvalue weighted by molar-refractivity contribution is 0.210. The highest BCUT2D eigenvalue weighted by molar-refractivity contribution is 9.10. The largest absolute Gasteiger partial charge is 0.0576 e. The summed E-state index contributed by atoms with van der Waals surface area (Å²) in [6.45, 7) is 0. The van der Waals surface area contributed by atoms with Crippen LogP contribution < -0.4 is 0 Å². The van der Waals surface area contributed by atoms with Crippen molar-refractivity contribution in [1.82, 2.24) is 0 Å². The van der Waals surface area contributed by atoms with Crippen LogP contribution in [0.1, 0.15) is 43.6 Å². The summed E-state index contributed by atoms with van der Waals surface area (Å²) < 4.78 is 1.21. The Morgan fingerprint density at radius 2 is 1.55 bits per heavy atom. The van der Waals surface area contributed by atoms with Crippen LogP contribution in [0.4, 0.5) is 0 Å². The van der Waals surface area contributed by atoms with E-state index in [0.29, 0.717) is 0 Å². The van der Waals surface area contributed by atoms with Gasteiger partial charge in [0.1, 0.15) is 0 Å². The Kier molecular flexibility index (Phi) is 1.90. The molecule has 4 unspecified atom stereocenters. The molecule has 0 amide bonds. The normalized spacial score (nSPS) is 57.0. The third-order valence-electron chi connectivity index (χ3n) is 7.74. The summed E-state index contributed by atoms with van der Waals surface area (Å²) >= 11 is 3.54. The van der Waals surface area contributed by atoms with Gasteiger partial charge in [0.25, 0.3) is 0 Å². The van der Waals surface area contributed by atoms with Crippen molar-refractivity contribution in [3.8, 4) is 0 Å². The molecule has 1 aromatic rings. The Morgan fingerprint density at radius 3 is 2.10 bits per heavy atom. The second kappa shape index (κ2) is 3.37. The van der Waals surface area contributed by atoms with Crippen molar-refractivity contribution in [2.24, 2.45) is 40.9 Å². The maximum atomic E-state index is 3.54. The van der Waals surface area contributed by atoms with E-state index in [1.807, 2.05) is 0 Å². The van der Waals surface area contributed by atoms with E-state index in [1.54, 1.807) is 12.0 Å². The smallest absolute Gasteiger partial charge is 0.0175 e. The molecule has 5 aliphatic rings. The predicted molar refractivity (Wildman–Crippen MR) is 83.3 cm³/mol. The zero-order valence-electron chi connectivity index (χ0n) is 11.8. The van der Waals surface area contributed by atoms with Crippen LogP contribution in [0.3, 0.4) is 0 Å². The van der Waals surface area contributed by atoms with Gasteiger partial charge in [-0.15, -0.1) is 0 Å². The molecule has 1 spiro atoms. The van der Waals surface area contributed by atoms with Gasteiger partial charge < -0.3 is 0 Å². The summed E-state index contributed by atoms with van der Waals surface area (Å²) in [5.41, 5.74) is 2.61. The molecule has 5 saturated carbocycles. The van der Waals surface area contributed by atoms with Gasteiger partial charge in [-0.3, -0.25) is 0 Å². The number of fused-ring (bicyclic) bond motifs is 6. The molecular weight excluding hydrogens is 308 g/mol. The van der Waals surface area contributed by atoms with E-state index < -0.39 is 0 Å². The fourth-order valence-corrected chi connectivity index (χ4v) is 6.81. The molecular formula is C19H21Br.